The molecule has 0 aliphatic rings. The van der Waals surface area contributed by atoms with E-state index in [2.05, 4.69) is 35.7 Å². The molecule has 0 saturated carbocycles. The van der Waals surface area contributed by atoms with Crippen LogP contribution < -0.4 is 4.72 Å². The molecule has 0 amide bonds. The largest absolute Gasteiger partial charge is 0.281 e. The molecule has 1 unspecified atom stereocenters. The summed E-state index contributed by atoms with van der Waals surface area (Å²) in [6, 6.07) is 8.38. The van der Waals surface area contributed by atoms with Gasteiger partial charge in [0.1, 0.15) is 0 Å². The molecule has 21 heavy (non-hydrogen) atoms. The highest BCUT2D eigenvalue weighted by Crippen LogP contribution is 2.24. The van der Waals surface area contributed by atoms with Gasteiger partial charge in [0.15, 0.2) is 0 Å². The standard InChI is InChI=1S/C15H21N3O2S/c1-11(14-9-10-16-17-14)18-21(19,20)13-7-5-12(6-8-13)15(2,3)4/h5-11,18H,1-4H3,(H,16,17). The number of nitrogens with one attached hydrogen (secondary N) is 2. The van der Waals surface area contributed by atoms with Crippen molar-refractivity contribution in [2.45, 2.75) is 44.0 Å². The van der Waals surface area contributed by atoms with E-state index in [1.165, 1.54) is 0 Å². The molecule has 0 saturated heterocycles. The summed E-state index contributed by atoms with van der Waals surface area (Å²) in [4.78, 5) is 0.266. The first-order valence-corrected chi connectivity index (χ1v) is 8.30. The van der Waals surface area contributed by atoms with Gasteiger partial charge in [-0.3, -0.25) is 5.10 Å². The molecule has 0 radical (unpaired) electrons. The Labute approximate surface area is 125 Å². The first-order valence-electron chi connectivity index (χ1n) is 6.82. The van der Waals surface area contributed by atoms with Crippen molar-refractivity contribution >= 4 is 10.0 Å². The smallest absolute Gasteiger partial charge is 0.241 e. The van der Waals surface area contributed by atoms with Crippen LogP contribution in [0.25, 0.3) is 0 Å². The van der Waals surface area contributed by atoms with Crippen molar-refractivity contribution in [1.29, 1.82) is 0 Å². The van der Waals surface area contributed by atoms with Crippen LogP contribution >= 0.6 is 0 Å². The summed E-state index contributed by atoms with van der Waals surface area (Å²) < 4.78 is 27.3. The van der Waals surface area contributed by atoms with Crippen LogP contribution in [0.4, 0.5) is 0 Å². The highest BCUT2D eigenvalue weighted by molar-refractivity contribution is 7.89. The molecule has 0 bridgehead atoms. The predicted octanol–water partition coefficient (Wildman–Crippen LogP) is 2.75. The van der Waals surface area contributed by atoms with Crippen molar-refractivity contribution in [1.82, 2.24) is 14.9 Å². The fourth-order valence-electron chi connectivity index (χ4n) is 2.01. The van der Waals surface area contributed by atoms with Crippen molar-refractivity contribution in [3.8, 4) is 0 Å². The zero-order valence-corrected chi connectivity index (χ0v) is 13.5. The van der Waals surface area contributed by atoms with Crippen molar-refractivity contribution in [2.24, 2.45) is 0 Å². The van der Waals surface area contributed by atoms with Gasteiger partial charge in [0.25, 0.3) is 0 Å². The number of hydrogen-bond acceptors (Lipinski definition) is 3. The average Bonchev–Trinajstić information content (AvgIpc) is 2.91. The van der Waals surface area contributed by atoms with E-state index in [1.54, 1.807) is 31.3 Å². The van der Waals surface area contributed by atoms with Gasteiger partial charge in [-0.1, -0.05) is 32.9 Å². The monoisotopic (exact) mass is 307 g/mol. The lowest BCUT2D eigenvalue weighted by Gasteiger charge is -2.19. The first-order chi connectivity index (χ1) is 9.70. The molecule has 1 heterocycles. The van der Waals surface area contributed by atoms with Crippen molar-refractivity contribution in [2.75, 3.05) is 0 Å². The number of hydrogen-bond donors (Lipinski definition) is 2. The Kier molecular flexibility index (Phi) is 4.20. The van der Waals surface area contributed by atoms with E-state index < -0.39 is 10.0 Å². The van der Waals surface area contributed by atoms with Crippen LogP contribution in [0, 0.1) is 0 Å². The Balaban J connectivity index is 2.20. The van der Waals surface area contributed by atoms with Crippen LogP contribution in [0.3, 0.4) is 0 Å². The summed E-state index contributed by atoms with van der Waals surface area (Å²) in [5.41, 5.74) is 1.83. The van der Waals surface area contributed by atoms with E-state index in [4.69, 9.17) is 0 Å². The zero-order valence-electron chi connectivity index (χ0n) is 12.7. The van der Waals surface area contributed by atoms with E-state index in [1.807, 2.05) is 12.1 Å². The molecule has 1 aromatic carbocycles. The summed E-state index contributed by atoms with van der Waals surface area (Å²) in [7, 11) is -3.55. The van der Waals surface area contributed by atoms with Gasteiger partial charge in [0, 0.05) is 6.20 Å². The van der Waals surface area contributed by atoms with Gasteiger partial charge < -0.3 is 0 Å². The van der Waals surface area contributed by atoms with Gasteiger partial charge in [-0.2, -0.15) is 5.10 Å². The summed E-state index contributed by atoms with van der Waals surface area (Å²) in [5.74, 6) is 0. The molecule has 0 spiro atoms. The second kappa shape index (κ2) is 5.61. The highest BCUT2D eigenvalue weighted by Gasteiger charge is 2.20. The molecule has 0 aliphatic carbocycles. The Hall–Kier alpha value is -1.66. The molecule has 6 heteroatoms. The number of benzene rings is 1. The highest BCUT2D eigenvalue weighted by atomic mass is 32.2. The third-order valence-corrected chi connectivity index (χ3v) is 4.91. The lowest BCUT2D eigenvalue weighted by Crippen LogP contribution is -2.27. The van der Waals surface area contributed by atoms with Crippen LogP contribution in [0.5, 0.6) is 0 Å². The Bertz CT molecular complexity index is 684. The van der Waals surface area contributed by atoms with E-state index in [-0.39, 0.29) is 16.4 Å². The van der Waals surface area contributed by atoms with Gasteiger partial charge in [0.2, 0.25) is 10.0 Å². The molecule has 114 valence electrons. The van der Waals surface area contributed by atoms with Gasteiger partial charge in [-0.05, 0) is 36.1 Å². The fourth-order valence-corrected chi connectivity index (χ4v) is 3.23. The molecule has 2 aromatic rings. The lowest BCUT2D eigenvalue weighted by atomic mass is 9.87. The molecule has 1 aromatic heterocycles. The van der Waals surface area contributed by atoms with Crippen molar-refractivity contribution in [3.63, 3.8) is 0 Å². The Morgan fingerprint density at radius 3 is 2.24 bits per heavy atom. The minimum atomic E-state index is -3.55. The van der Waals surface area contributed by atoms with E-state index in [0.29, 0.717) is 0 Å². The van der Waals surface area contributed by atoms with Crippen LogP contribution in [0.2, 0.25) is 0 Å². The van der Waals surface area contributed by atoms with Gasteiger partial charge in [0.05, 0.1) is 16.6 Å². The van der Waals surface area contributed by atoms with Crippen LogP contribution in [-0.2, 0) is 15.4 Å². The summed E-state index contributed by atoms with van der Waals surface area (Å²) >= 11 is 0. The van der Waals surface area contributed by atoms with Crippen LogP contribution in [0.1, 0.15) is 45.0 Å². The van der Waals surface area contributed by atoms with Crippen LogP contribution in [-0.4, -0.2) is 18.6 Å². The van der Waals surface area contributed by atoms with Gasteiger partial charge in [-0.15, -0.1) is 0 Å². The minimum Gasteiger partial charge on any atom is -0.281 e. The third-order valence-electron chi connectivity index (χ3n) is 3.35. The topological polar surface area (TPSA) is 74.8 Å². The lowest BCUT2D eigenvalue weighted by molar-refractivity contribution is 0.562. The third kappa shape index (κ3) is 3.71. The molecule has 1 atom stereocenters. The van der Waals surface area contributed by atoms with E-state index >= 15 is 0 Å². The van der Waals surface area contributed by atoms with Crippen LogP contribution in [0.15, 0.2) is 41.4 Å². The summed E-state index contributed by atoms with van der Waals surface area (Å²) in [6.07, 6.45) is 1.60. The molecule has 5 nitrogen and oxygen atoms in total. The maximum atomic E-state index is 12.4. The number of aromatic nitrogens is 2. The number of nitrogens with zero attached hydrogens (tertiary/aromatic N) is 1. The van der Waals surface area contributed by atoms with E-state index in [9.17, 15) is 8.42 Å². The van der Waals surface area contributed by atoms with Gasteiger partial charge >= 0.3 is 0 Å². The number of sulfonamides is 1. The zero-order chi connectivity index (χ0) is 15.7. The maximum absolute atomic E-state index is 12.4. The van der Waals surface area contributed by atoms with Crippen molar-refractivity contribution in [3.05, 3.63) is 47.8 Å². The molecular weight excluding hydrogens is 286 g/mol. The SMILES string of the molecule is CC(NS(=O)(=O)c1ccc(C(C)(C)C)cc1)c1ccn[nH]1. The summed E-state index contributed by atoms with van der Waals surface area (Å²) in [6.45, 7) is 8.05. The number of aromatic amines is 1. The summed E-state index contributed by atoms with van der Waals surface area (Å²) in [5, 5.41) is 6.59. The first kappa shape index (κ1) is 15.7. The van der Waals surface area contributed by atoms with E-state index in [0.717, 1.165) is 11.3 Å². The maximum Gasteiger partial charge on any atom is 0.241 e. The molecule has 0 aliphatic heterocycles. The normalized spacial score (nSPS) is 14.1. The number of rotatable bonds is 4. The van der Waals surface area contributed by atoms with Crippen molar-refractivity contribution < 1.29 is 8.42 Å². The predicted molar refractivity (Wildman–Crippen MR) is 82.5 cm³/mol. The molecule has 2 rings (SSSR count). The second-order valence-corrected chi connectivity index (χ2v) is 7.84. The fraction of sp³-hybridized carbons (Fsp3) is 0.400. The molecule has 2 N–H and O–H groups in total. The number of H-pyrrole nitrogens is 1. The minimum absolute atomic E-state index is 0.00106. The Morgan fingerprint density at radius 2 is 1.76 bits per heavy atom. The molecule has 0 fully saturated rings. The molecular formula is C15H21N3O2S. The average molecular weight is 307 g/mol. The van der Waals surface area contributed by atoms with Gasteiger partial charge in [-0.25, -0.2) is 13.1 Å². The quantitative estimate of drug-likeness (QED) is 0.912. The Morgan fingerprint density at radius 1 is 1.14 bits per heavy atom. The second-order valence-electron chi connectivity index (χ2n) is 6.13.